The fraction of sp³-hybridized carbons (Fsp3) is 0.318. The van der Waals surface area contributed by atoms with Crippen molar-refractivity contribution in [3.05, 3.63) is 70.8 Å². The Morgan fingerprint density at radius 2 is 1.72 bits per heavy atom. The molecule has 0 saturated heterocycles. The van der Waals surface area contributed by atoms with Gasteiger partial charge in [0.1, 0.15) is 11.6 Å². The standard InChI is InChI=1S/C22H23F2NO4/c1-14(2)15-5-7-16(8-6-15)20(26)13-29-21(27)4-3-11-25-22(28)18-10-9-17(23)12-19(18)24/h5-10,12,14H,3-4,11,13H2,1-2H3,(H,25,28). The van der Waals surface area contributed by atoms with Gasteiger partial charge in [-0.2, -0.15) is 0 Å². The topological polar surface area (TPSA) is 72.5 Å². The predicted molar refractivity (Wildman–Crippen MR) is 104 cm³/mol. The molecule has 29 heavy (non-hydrogen) atoms. The Bertz CT molecular complexity index is 879. The molecule has 0 spiro atoms. The molecule has 0 aromatic heterocycles. The van der Waals surface area contributed by atoms with Crippen LogP contribution in [-0.4, -0.2) is 30.8 Å². The SMILES string of the molecule is CC(C)c1ccc(C(=O)COC(=O)CCCNC(=O)c2ccc(F)cc2F)cc1. The highest BCUT2D eigenvalue weighted by Crippen LogP contribution is 2.15. The van der Waals surface area contributed by atoms with Crippen molar-refractivity contribution in [2.75, 3.05) is 13.2 Å². The lowest BCUT2D eigenvalue weighted by Crippen LogP contribution is -2.26. The third kappa shape index (κ3) is 6.78. The molecule has 0 unspecified atom stereocenters. The quantitative estimate of drug-likeness (QED) is 0.390. The number of amides is 1. The minimum absolute atomic E-state index is 0.00819. The lowest BCUT2D eigenvalue weighted by atomic mass is 10.0. The van der Waals surface area contributed by atoms with Crippen LogP contribution in [0.5, 0.6) is 0 Å². The summed E-state index contributed by atoms with van der Waals surface area (Å²) >= 11 is 0. The highest BCUT2D eigenvalue weighted by Gasteiger charge is 2.13. The first-order chi connectivity index (χ1) is 13.8. The van der Waals surface area contributed by atoms with E-state index in [1.807, 2.05) is 12.1 Å². The number of hydrogen-bond acceptors (Lipinski definition) is 4. The normalized spacial score (nSPS) is 10.7. The molecule has 0 aliphatic rings. The zero-order chi connectivity index (χ0) is 21.4. The summed E-state index contributed by atoms with van der Waals surface area (Å²) in [6.07, 6.45) is 0.246. The van der Waals surface area contributed by atoms with Crippen LogP contribution < -0.4 is 5.32 Å². The van der Waals surface area contributed by atoms with Crippen LogP contribution in [0.2, 0.25) is 0 Å². The third-order valence-electron chi connectivity index (χ3n) is 4.28. The fourth-order valence-corrected chi connectivity index (χ4v) is 2.56. The van der Waals surface area contributed by atoms with Gasteiger partial charge in [0, 0.05) is 24.6 Å². The van der Waals surface area contributed by atoms with E-state index in [1.165, 1.54) is 0 Å². The summed E-state index contributed by atoms with van der Waals surface area (Å²) in [5.74, 6) is -2.94. The molecule has 1 amide bonds. The fourth-order valence-electron chi connectivity index (χ4n) is 2.56. The van der Waals surface area contributed by atoms with Crippen molar-refractivity contribution >= 4 is 17.7 Å². The van der Waals surface area contributed by atoms with Crippen LogP contribution in [0.15, 0.2) is 42.5 Å². The van der Waals surface area contributed by atoms with Crippen LogP contribution in [0.4, 0.5) is 8.78 Å². The van der Waals surface area contributed by atoms with Gasteiger partial charge in [0.2, 0.25) is 0 Å². The molecule has 154 valence electrons. The lowest BCUT2D eigenvalue weighted by molar-refractivity contribution is -0.142. The van der Waals surface area contributed by atoms with Crippen molar-refractivity contribution in [1.29, 1.82) is 0 Å². The Labute approximate surface area is 168 Å². The van der Waals surface area contributed by atoms with Crippen molar-refractivity contribution < 1.29 is 27.9 Å². The van der Waals surface area contributed by atoms with Crippen molar-refractivity contribution in [3.8, 4) is 0 Å². The number of halogens is 2. The molecular weight excluding hydrogens is 380 g/mol. The number of hydrogen-bond donors (Lipinski definition) is 1. The monoisotopic (exact) mass is 403 g/mol. The summed E-state index contributed by atoms with van der Waals surface area (Å²) in [7, 11) is 0. The summed E-state index contributed by atoms with van der Waals surface area (Å²) in [5.41, 5.74) is 1.31. The van der Waals surface area contributed by atoms with Gasteiger partial charge in [0.15, 0.2) is 12.4 Å². The van der Waals surface area contributed by atoms with E-state index < -0.39 is 23.5 Å². The van der Waals surface area contributed by atoms with Crippen LogP contribution >= 0.6 is 0 Å². The molecule has 7 heteroatoms. The molecule has 0 fully saturated rings. The van der Waals surface area contributed by atoms with E-state index >= 15 is 0 Å². The number of ether oxygens (including phenoxy) is 1. The van der Waals surface area contributed by atoms with E-state index in [0.717, 1.165) is 17.7 Å². The van der Waals surface area contributed by atoms with E-state index in [4.69, 9.17) is 4.74 Å². The molecule has 0 atom stereocenters. The molecule has 5 nitrogen and oxygen atoms in total. The van der Waals surface area contributed by atoms with Crippen LogP contribution in [0.1, 0.15) is 58.9 Å². The summed E-state index contributed by atoms with van der Waals surface area (Å²) in [4.78, 5) is 35.6. The van der Waals surface area contributed by atoms with E-state index in [2.05, 4.69) is 19.2 Å². The van der Waals surface area contributed by atoms with Gasteiger partial charge in [-0.15, -0.1) is 0 Å². The van der Waals surface area contributed by atoms with Gasteiger partial charge in [-0.05, 0) is 30.0 Å². The number of benzene rings is 2. The minimum Gasteiger partial charge on any atom is -0.457 e. The molecule has 0 radical (unpaired) electrons. The molecule has 0 aliphatic heterocycles. The number of Topliss-reactive ketones (excluding diaryl/α,β-unsaturated/α-hetero) is 1. The van der Waals surface area contributed by atoms with Gasteiger partial charge < -0.3 is 10.1 Å². The average Bonchev–Trinajstić information content (AvgIpc) is 2.69. The number of ketones is 1. The smallest absolute Gasteiger partial charge is 0.306 e. The second-order valence-corrected chi connectivity index (χ2v) is 6.84. The Morgan fingerprint density at radius 1 is 1.03 bits per heavy atom. The van der Waals surface area contributed by atoms with Crippen LogP contribution in [-0.2, 0) is 9.53 Å². The van der Waals surface area contributed by atoms with Crippen LogP contribution in [0, 0.1) is 11.6 Å². The van der Waals surface area contributed by atoms with E-state index in [0.29, 0.717) is 17.5 Å². The number of carbonyl (C=O) groups excluding carboxylic acids is 3. The van der Waals surface area contributed by atoms with Gasteiger partial charge >= 0.3 is 5.97 Å². The summed E-state index contributed by atoms with van der Waals surface area (Å²) < 4.78 is 31.3. The lowest BCUT2D eigenvalue weighted by Gasteiger charge is -2.08. The van der Waals surface area contributed by atoms with Gasteiger partial charge in [0.25, 0.3) is 5.91 Å². The number of nitrogens with one attached hydrogen (secondary N) is 1. The molecule has 0 aliphatic carbocycles. The highest BCUT2D eigenvalue weighted by atomic mass is 19.1. The number of rotatable bonds is 9. The molecule has 1 N–H and O–H groups in total. The molecule has 0 bridgehead atoms. The Morgan fingerprint density at radius 3 is 2.34 bits per heavy atom. The van der Waals surface area contributed by atoms with E-state index in [9.17, 15) is 23.2 Å². The number of carbonyl (C=O) groups is 3. The highest BCUT2D eigenvalue weighted by molar-refractivity contribution is 5.98. The first-order valence-corrected chi connectivity index (χ1v) is 9.30. The second kappa shape index (κ2) is 10.5. The van der Waals surface area contributed by atoms with Crippen molar-refractivity contribution in [2.24, 2.45) is 0 Å². The predicted octanol–water partition coefficient (Wildman–Crippen LogP) is 4.02. The van der Waals surface area contributed by atoms with Crippen LogP contribution in [0.3, 0.4) is 0 Å². The van der Waals surface area contributed by atoms with Crippen molar-refractivity contribution in [1.82, 2.24) is 5.32 Å². The molecule has 2 aromatic rings. The number of esters is 1. The zero-order valence-corrected chi connectivity index (χ0v) is 16.3. The minimum atomic E-state index is -0.957. The Hall–Kier alpha value is -3.09. The van der Waals surface area contributed by atoms with Crippen molar-refractivity contribution in [3.63, 3.8) is 0 Å². The van der Waals surface area contributed by atoms with Crippen molar-refractivity contribution in [2.45, 2.75) is 32.6 Å². The zero-order valence-electron chi connectivity index (χ0n) is 16.3. The molecule has 0 heterocycles. The summed E-state index contributed by atoms with van der Waals surface area (Å²) in [5, 5.41) is 2.44. The maximum Gasteiger partial charge on any atom is 0.306 e. The van der Waals surface area contributed by atoms with Crippen LogP contribution in [0.25, 0.3) is 0 Å². The van der Waals surface area contributed by atoms with Gasteiger partial charge in [-0.25, -0.2) is 8.78 Å². The molecule has 2 aromatic carbocycles. The largest absolute Gasteiger partial charge is 0.457 e. The van der Waals surface area contributed by atoms with E-state index in [-0.39, 0.29) is 37.3 Å². The van der Waals surface area contributed by atoms with Gasteiger partial charge in [0.05, 0.1) is 5.56 Å². The maximum absolute atomic E-state index is 13.5. The summed E-state index contributed by atoms with van der Waals surface area (Å²) in [6.45, 7) is 3.86. The second-order valence-electron chi connectivity index (χ2n) is 6.84. The Kier molecular flexibility index (Phi) is 8.00. The maximum atomic E-state index is 13.5. The first kappa shape index (κ1) is 22.2. The summed E-state index contributed by atoms with van der Waals surface area (Å²) in [6, 6.07) is 9.81. The third-order valence-corrected chi connectivity index (χ3v) is 4.28. The average molecular weight is 403 g/mol. The van der Waals surface area contributed by atoms with E-state index in [1.54, 1.807) is 12.1 Å². The Balaban J connectivity index is 1.69. The molecular formula is C22H23F2NO4. The molecule has 2 rings (SSSR count). The van der Waals surface area contributed by atoms with Gasteiger partial charge in [-0.1, -0.05) is 38.1 Å². The molecule has 0 saturated carbocycles. The van der Waals surface area contributed by atoms with Gasteiger partial charge in [-0.3, -0.25) is 14.4 Å². The first-order valence-electron chi connectivity index (χ1n) is 9.30.